The predicted molar refractivity (Wildman–Crippen MR) is 102 cm³/mol. The number of hydrogen-bond acceptors (Lipinski definition) is 5. The summed E-state index contributed by atoms with van der Waals surface area (Å²) in [7, 11) is 0. The Balaban J connectivity index is 1.42. The highest BCUT2D eigenvalue weighted by Crippen LogP contribution is 2.27. The highest BCUT2D eigenvalue weighted by atomic mass is 79.9. The maximum atomic E-state index is 12.5. The van der Waals surface area contributed by atoms with Gasteiger partial charge < -0.3 is 10.2 Å². The van der Waals surface area contributed by atoms with Crippen molar-refractivity contribution in [2.75, 3.05) is 16.8 Å². The number of carbonyl (C=O) groups excluding carboxylic acids is 2. The molecule has 8 nitrogen and oxygen atoms in total. The number of benzene rings is 1. The molecule has 0 radical (unpaired) electrons. The summed E-state index contributed by atoms with van der Waals surface area (Å²) in [5.74, 6) is -0.313. The maximum absolute atomic E-state index is 12.5. The summed E-state index contributed by atoms with van der Waals surface area (Å²) >= 11 is 3.40. The van der Waals surface area contributed by atoms with Gasteiger partial charge in [0, 0.05) is 35.5 Å². The molecule has 9 heteroatoms. The first-order chi connectivity index (χ1) is 13.1. The van der Waals surface area contributed by atoms with Crippen LogP contribution in [0.5, 0.6) is 0 Å². The Morgan fingerprint density at radius 2 is 2.04 bits per heavy atom. The molecule has 1 aromatic carbocycles. The van der Waals surface area contributed by atoms with E-state index in [9.17, 15) is 9.59 Å². The van der Waals surface area contributed by atoms with Crippen molar-refractivity contribution in [1.29, 1.82) is 0 Å². The number of halogens is 1. The van der Waals surface area contributed by atoms with Crippen molar-refractivity contribution in [2.45, 2.75) is 6.42 Å². The Kier molecular flexibility index (Phi) is 4.68. The van der Waals surface area contributed by atoms with E-state index >= 15 is 0 Å². The van der Waals surface area contributed by atoms with Gasteiger partial charge in [-0.1, -0.05) is 22.0 Å². The third-order valence-corrected chi connectivity index (χ3v) is 4.72. The van der Waals surface area contributed by atoms with Gasteiger partial charge in [0.2, 0.25) is 11.8 Å². The number of nitrogens with zero attached hydrogens (tertiary/aromatic N) is 5. The molecule has 1 aliphatic heterocycles. The van der Waals surface area contributed by atoms with Crippen LogP contribution < -0.4 is 10.2 Å². The lowest BCUT2D eigenvalue weighted by molar-refractivity contribution is -0.122. The van der Waals surface area contributed by atoms with Crippen molar-refractivity contribution in [3.05, 3.63) is 59.6 Å². The van der Waals surface area contributed by atoms with Crippen LogP contribution in [0, 0.1) is 5.92 Å². The molecule has 0 spiro atoms. The van der Waals surface area contributed by atoms with Crippen molar-refractivity contribution >= 4 is 39.1 Å². The normalized spacial score (nSPS) is 16.6. The molecule has 1 saturated heterocycles. The molecule has 0 saturated carbocycles. The van der Waals surface area contributed by atoms with E-state index in [4.69, 9.17) is 0 Å². The summed E-state index contributed by atoms with van der Waals surface area (Å²) in [5, 5.41) is 6.83. The molecule has 136 valence electrons. The largest absolute Gasteiger partial charge is 0.323 e. The number of amides is 2. The molecule has 27 heavy (non-hydrogen) atoms. The van der Waals surface area contributed by atoms with Crippen LogP contribution in [0.25, 0.3) is 5.95 Å². The van der Waals surface area contributed by atoms with Crippen LogP contribution in [-0.2, 0) is 9.59 Å². The van der Waals surface area contributed by atoms with Crippen molar-refractivity contribution in [2.24, 2.45) is 5.92 Å². The Morgan fingerprint density at radius 1 is 1.22 bits per heavy atom. The second kappa shape index (κ2) is 7.28. The number of aromatic nitrogens is 4. The van der Waals surface area contributed by atoms with Crippen LogP contribution in [0.2, 0.25) is 0 Å². The van der Waals surface area contributed by atoms with Gasteiger partial charge in [-0.3, -0.25) is 9.59 Å². The quantitative estimate of drug-likeness (QED) is 0.691. The molecule has 3 aromatic rings. The zero-order chi connectivity index (χ0) is 18.8. The summed E-state index contributed by atoms with van der Waals surface area (Å²) in [4.78, 5) is 34.9. The first-order valence-electron chi connectivity index (χ1n) is 8.29. The molecular formula is C18H15BrN6O2. The smallest absolute Gasteiger partial charge is 0.250 e. The van der Waals surface area contributed by atoms with Crippen molar-refractivity contribution in [1.82, 2.24) is 19.7 Å². The minimum atomic E-state index is -0.428. The van der Waals surface area contributed by atoms with Crippen LogP contribution in [0.4, 0.5) is 11.4 Å². The fraction of sp³-hybridized carbons (Fsp3) is 0.167. The van der Waals surface area contributed by atoms with E-state index < -0.39 is 5.92 Å². The van der Waals surface area contributed by atoms with E-state index in [0.29, 0.717) is 18.2 Å². The molecule has 1 atom stereocenters. The van der Waals surface area contributed by atoms with Crippen LogP contribution in [-0.4, -0.2) is 38.1 Å². The van der Waals surface area contributed by atoms with Gasteiger partial charge in [0.15, 0.2) is 0 Å². The highest BCUT2D eigenvalue weighted by Gasteiger charge is 2.35. The van der Waals surface area contributed by atoms with E-state index in [1.165, 1.54) is 17.1 Å². The number of hydrogen-bond donors (Lipinski definition) is 1. The third kappa shape index (κ3) is 3.72. The van der Waals surface area contributed by atoms with Gasteiger partial charge in [0.1, 0.15) is 0 Å². The number of rotatable bonds is 4. The SMILES string of the molecule is O=C(Nc1cnc(-n2cccn2)nc1)C1CC(=O)N(c2cccc(Br)c2)C1. The third-order valence-electron chi connectivity index (χ3n) is 4.23. The van der Waals surface area contributed by atoms with E-state index in [2.05, 4.69) is 36.3 Å². The van der Waals surface area contributed by atoms with Gasteiger partial charge in [0.25, 0.3) is 5.95 Å². The van der Waals surface area contributed by atoms with Crippen LogP contribution in [0.1, 0.15) is 6.42 Å². The lowest BCUT2D eigenvalue weighted by Gasteiger charge is -2.17. The highest BCUT2D eigenvalue weighted by molar-refractivity contribution is 9.10. The Morgan fingerprint density at radius 3 is 2.74 bits per heavy atom. The standard InChI is InChI=1S/C18H15BrN6O2/c19-13-3-1-4-15(8-13)24-11-12(7-16(24)26)17(27)23-14-9-20-18(21-10-14)25-6-2-5-22-25/h1-6,8-10,12H,7,11H2,(H,23,27). The van der Waals surface area contributed by atoms with Gasteiger partial charge in [-0.2, -0.15) is 5.10 Å². The minimum Gasteiger partial charge on any atom is -0.323 e. The van der Waals surface area contributed by atoms with E-state index in [1.54, 1.807) is 23.4 Å². The average Bonchev–Trinajstić information content (AvgIpc) is 3.32. The van der Waals surface area contributed by atoms with Crippen LogP contribution in [0.15, 0.2) is 59.6 Å². The first-order valence-corrected chi connectivity index (χ1v) is 9.08. The molecule has 0 bridgehead atoms. The van der Waals surface area contributed by atoms with E-state index in [0.717, 1.165) is 10.2 Å². The van der Waals surface area contributed by atoms with Gasteiger partial charge in [-0.15, -0.1) is 0 Å². The summed E-state index contributed by atoms with van der Waals surface area (Å²) < 4.78 is 2.41. The zero-order valence-electron chi connectivity index (χ0n) is 14.1. The molecular weight excluding hydrogens is 412 g/mol. The topological polar surface area (TPSA) is 93.0 Å². The van der Waals surface area contributed by atoms with Crippen molar-refractivity contribution < 1.29 is 9.59 Å². The molecule has 2 aromatic heterocycles. The predicted octanol–water partition coefficient (Wildman–Crippen LogP) is 2.42. The molecule has 2 amide bonds. The minimum absolute atomic E-state index is 0.0708. The molecule has 0 aliphatic carbocycles. The molecule has 1 aliphatic rings. The Labute approximate surface area is 163 Å². The lowest BCUT2D eigenvalue weighted by Crippen LogP contribution is -2.28. The summed E-state index contributed by atoms with van der Waals surface area (Å²) in [6, 6.07) is 9.23. The van der Waals surface area contributed by atoms with Crippen LogP contribution >= 0.6 is 15.9 Å². The van der Waals surface area contributed by atoms with Crippen molar-refractivity contribution in [3.8, 4) is 5.95 Å². The Bertz CT molecular complexity index is 974. The number of nitrogens with one attached hydrogen (secondary N) is 1. The molecule has 1 fully saturated rings. The average molecular weight is 427 g/mol. The van der Waals surface area contributed by atoms with Gasteiger partial charge in [-0.05, 0) is 24.3 Å². The van der Waals surface area contributed by atoms with E-state index in [-0.39, 0.29) is 18.2 Å². The fourth-order valence-electron chi connectivity index (χ4n) is 2.91. The first kappa shape index (κ1) is 17.3. The maximum Gasteiger partial charge on any atom is 0.250 e. The lowest BCUT2D eigenvalue weighted by atomic mass is 10.1. The summed E-state index contributed by atoms with van der Waals surface area (Å²) in [6.45, 7) is 0.341. The number of carbonyl (C=O) groups is 2. The van der Waals surface area contributed by atoms with Crippen molar-refractivity contribution in [3.63, 3.8) is 0 Å². The van der Waals surface area contributed by atoms with Gasteiger partial charge in [0.05, 0.1) is 24.0 Å². The molecule has 1 unspecified atom stereocenters. The number of anilines is 2. The van der Waals surface area contributed by atoms with E-state index in [1.807, 2.05) is 24.3 Å². The monoisotopic (exact) mass is 426 g/mol. The van der Waals surface area contributed by atoms with Gasteiger partial charge in [-0.25, -0.2) is 14.6 Å². The summed E-state index contributed by atoms with van der Waals surface area (Å²) in [6.07, 6.45) is 6.57. The fourth-order valence-corrected chi connectivity index (χ4v) is 3.30. The van der Waals surface area contributed by atoms with Crippen LogP contribution in [0.3, 0.4) is 0 Å². The zero-order valence-corrected chi connectivity index (χ0v) is 15.7. The molecule has 4 rings (SSSR count). The van der Waals surface area contributed by atoms with Gasteiger partial charge >= 0.3 is 0 Å². The Hall–Kier alpha value is -3.07. The summed E-state index contributed by atoms with van der Waals surface area (Å²) in [5.41, 5.74) is 1.25. The second-order valence-electron chi connectivity index (χ2n) is 6.10. The second-order valence-corrected chi connectivity index (χ2v) is 7.01. The molecule has 3 heterocycles. The molecule has 1 N–H and O–H groups in total.